The zero-order valence-corrected chi connectivity index (χ0v) is 66.9. The van der Waals surface area contributed by atoms with E-state index in [0.717, 1.165) is 133 Å². The van der Waals surface area contributed by atoms with Crippen molar-refractivity contribution in [2.75, 3.05) is 39.6 Å². The van der Waals surface area contributed by atoms with E-state index in [4.69, 9.17) is 37.0 Å². The average Bonchev–Trinajstić information content (AvgIpc) is 0.966. The second kappa shape index (κ2) is 70.8. The van der Waals surface area contributed by atoms with E-state index in [1.54, 1.807) is 0 Å². The van der Waals surface area contributed by atoms with Crippen LogP contribution in [0.4, 0.5) is 0 Å². The molecule has 0 amide bonds. The molecule has 590 valence electrons. The highest BCUT2D eigenvalue weighted by molar-refractivity contribution is 7.47. The van der Waals surface area contributed by atoms with Gasteiger partial charge in [0.25, 0.3) is 0 Å². The average molecular weight is 1460 g/mol. The Labute approximate surface area is 612 Å². The van der Waals surface area contributed by atoms with Crippen molar-refractivity contribution in [1.29, 1.82) is 0 Å². The third-order valence-electron chi connectivity index (χ3n) is 19.0. The molecule has 0 radical (unpaired) electrons. The molecule has 0 aliphatic carbocycles. The molecule has 100 heavy (non-hydrogen) atoms. The van der Waals surface area contributed by atoms with Gasteiger partial charge >= 0.3 is 39.5 Å². The Bertz CT molecular complexity index is 2040. The smallest absolute Gasteiger partial charge is 0.462 e. The van der Waals surface area contributed by atoms with Crippen LogP contribution in [0.5, 0.6) is 0 Å². The summed E-state index contributed by atoms with van der Waals surface area (Å²) in [5.41, 5.74) is 0. The fourth-order valence-corrected chi connectivity index (χ4v) is 13.5. The number of hydrogen-bond donors (Lipinski definition) is 3. The van der Waals surface area contributed by atoms with Gasteiger partial charge in [-0.2, -0.15) is 0 Å². The Morgan fingerprint density at radius 1 is 0.330 bits per heavy atom. The molecule has 0 heterocycles. The third-order valence-corrected chi connectivity index (χ3v) is 20.9. The predicted octanol–water partition coefficient (Wildman–Crippen LogP) is 23.7. The van der Waals surface area contributed by atoms with Crippen LogP contribution in [0.25, 0.3) is 0 Å². The first-order valence-corrected chi connectivity index (χ1v) is 44.2. The van der Waals surface area contributed by atoms with Crippen molar-refractivity contribution in [2.24, 2.45) is 17.8 Å². The summed E-state index contributed by atoms with van der Waals surface area (Å²) < 4.78 is 68.7. The zero-order valence-electron chi connectivity index (χ0n) is 65.2. The molecule has 0 saturated heterocycles. The summed E-state index contributed by atoms with van der Waals surface area (Å²) in [5, 5.41) is 10.6. The molecule has 0 aromatic carbocycles. The van der Waals surface area contributed by atoms with Crippen LogP contribution in [0.1, 0.15) is 395 Å². The van der Waals surface area contributed by atoms with E-state index < -0.39 is 97.5 Å². The van der Waals surface area contributed by atoms with Gasteiger partial charge in [0.05, 0.1) is 26.4 Å². The van der Waals surface area contributed by atoms with Gasteiger partial charge < -0.3 is 33.8 Å². The van der Waals surface area contributed by atoms with Gasteiger partial charge in [0.15, 0.2) is 12.2 Å². The van der Waals surface area contributed by atoms with Crippen molar-refractivity contribution < 1.29 is 80.2 Å². The maximum atomic E-state index is 13.1. The number of aliphatic hydroxyl groups is 1. The number of rotatable bonds is 77. The number of ether oxygens (including phenoxy) is 4. The fourth-order valence-electron chi connectivity index (χ4n) is 11.9. The molecule has 0 spiro atoms. The number of phosphoric acid groups is 2. The Balaban J connectivity index is 5.28. The van der Waals surface area contributed by atoms with Crippen LogP contribution >= 0.6 is 15.6 Å². The van der Waals surface area contributed by atoms with Crippen LogP contribution < -0.4 is 0 Å². The molecule has 0 rings (SSSR count). The quantitative estimate of drug-likeness (QED) is 0.0169. The number of carbonyl (C=O) groups is 4. The summed E-state index contributed by atoms with van der Waals surface area (Å²) >= 11 is 0. The Morgan fingerprint density at radius 2 is 0.590 bits per heavy atom. The van der Waals surface area contributed by atoms with Crippen molar-refractivity contribution in [3.8, 4) is 0 Å². The molecule has 0 aliphatic heterocycles. The first kappa shape index (κ1) is 97.5. The largest absolute Gasteiger partial charge is 0.472 e. The van der Waals surface area contributed by atoms with Crippen molar-refractivity contribution >= 4 is 39.5 Å². The molecule has 0 aliphatic rings. The summed E-state index contributed by atoms with van der Waals surface area (Å²) in [6.45, 7) is 11.9. The third kappa shape index (κ3) is 71.2. The molecule has 0 saturated carbocycles. The zero-order chi connectivity index (χ0) is 73.7. The van der Waals surface area contributed by atoms with Gasteiger partial charge in [0.1, 0.15) is 19.3 Å². The normalized spacial score (nSPS) is 14.7. The maximum Gasteiger partial charge on any atom is 0.472 e. The highest BCUT2D eigenvalue weighted by Crippen LogP contribution is 2.45. The molecule has 7 atom stereocenters. The van der Waals surface area contributed by atoms with E-state index in [2.05, 4.69) is 72.8 Å². The van der Waals surface area contributed by atoms with Gasteiger partial charge in [-0.15, -0.1) is 0 Å². The standard InChI is InChI=1S/C81H154O17P2/c1-8-11-12-13-14-15-16-17-18-25-30-35-40-48-55-62-78(83)91-68-76(97-80(85)64-58-51-42-37-32-27-22-20-24-29-34-39-46-53-60-73(6)9-2)70-95-99(87,88)93-66-75(82)67-94-100(89,90)96-71-77(69-92-79(84)63-56-49-44-43-47-54-61-74(7)10-3)98-81(86)65-57-50-41-36-31-26-21-19-23-28-33-38-45-52-59-72(4)5/h15-18,72-77,82H,8-14,19-71H2,1-7H3,(H,87,88)(H,89,90)/b16-15-,18-17-/t73?,74?,75-,76-,77-/m1/s1. The second-order valence-electron chi connectivity index (χ2n) is 29.4. The van der Waals surface area contributed by atoms with Gasteiger partial charge in [-0.05, 0) is 69.1 Å². The molecule has 17 nitrogen and oxygen atoms in total. The SMILES string of the molecule is CCCCCC/C=C\C=C/CCCCCCCC(=O)OC[C@H](COP(=O)(O)OC[C@@H](O)COP(=O)(O)OC[C@@H](COC(=O)CCCCCCCCC(C)CC)OC(=O)CCCCCCCCCCCCCCCCC(C)C)OC(=O)CCCCCCCCCCCCCCCCC(C)CC. The van der Waals surface area contributed by atoms with Crippen molar-refractivity contribution in [1.82, 2.24) is 0 Å². The highest BCUT2D eigenvalue weighted by Gasteiger charge is 2.30. The monoisotopic (exact) mass is 1460 g/mol. The van der Waals surface area contributed by atoms with Gasteiger partial charge in [0.2, 0.25) is 0 Å². The van der Waals surface area contributed by atoms with E-state index in [0.29, 0.717) is 25.7 Å². The molecule has 4 unspecified atom stereocenters. The van der Waals surface area contributed by atoms with Crippen LogP contribution in [0, 0.1) is 17.8 Å². The lowest BCUT2D eigenvalue weighted by Gasteiger charge is -2.21. The summed E-state index contributed by atoms with van der Waals surface area (Å²) in [7, 11) is -9.93. The van der Waals surface area contributed by atoms with Crippen molar-refractivity contribution in [3.63, 3.8) is 0 Å². The van der Waals surface area contributed by atoms with E-state index in [9.17, 15) is 43.2 Å². The summed E-state index contributed by atoms with van der Waals surface area (Å²) in [6.07, 6.45) is 61.8. The van der Waals surface area contributed by atoms with E-state index in [1.165, 1.54) is 180 Å². The lowest BCUT2D eigenvalue weighted by atomic mass is 9.99. The van der Waals surface area contributed by atoms with Crippen LogP contribution in [-0.2, 0) is 65.4 Å². The van der Waals surface area contributed by atoms with Crippen molar-refractivity contribution in [2.45, 2.75) is 414 Å². The van der Waals surface area contributed by atoms with Gasteiger partial charge in [-0.1, -0.05) is 342 Å². The summed E-state index contributed by atoms with van der Waals surface area (Å²) in [4.78, 5) is 73.0. The first-order chi connectivity index (χ1) is 48.3. The van der Waals surface area contributed by atoms with Crippen LogP contribution in [0.15, 0.2) is 24.3 Å². The maximum absolute atomic E-state index is 13.1. The van der Waals surface area contributed by atoms with E-state index in [1.807, 2.05) is 0 Å². The molecular weight excluding hydrogens is 1310 g/mol. The summed E-state index contributed by atoms with van der Waals surface area (Å²) in [6, 6.07) is 0. The lowest BCUT2D eigenvalue weighted by molar-refractivity contribution is -0.161. The van der Waals surface area contributed by atoms with Gasteiger partial charge in [-0.25, -0.2) is 9.13 Å². The molecule has 19 heteroatoms. The number of aliphatic hydroxyl groups excluding tert-OH is 1. The van der Waals surface area contributed by atoms with E-state index in [-0.39, 0.29) is 25.7 Å². The van der Waals surface area contributed by atoms with Crippen LogP contribution in [-0.4, -0.2) is 96.7 Å². The Hall–Kier alpha value is -2.46. The van der Waals surface area contributed by atoms with Crippen LogP contribution in [0.2, 0.25) is 0 Å². The minimum atomic E-state index is -4.97. The number of unbranched alkanes of at least 4 members (excludes halogenated alkanes) is 40. The molecule has 0 fully saturated rings. The number of phosphoric ester groups is 2. The second-order valence-corrected chi connectivity index (χ2v) is 32.3. The van der Waals surface area contributed by atoms with E-state index >= 15 is 0 Å². The number of carbonyl (C=O) groups excluding carboxylic acids is 4. The lowest BCUT2D eigenvalue weighted by Crippen LogP contribution is -2.30. The van der Waals surface area contributed by atoms with Crippen molar-refractivity contribution in [3.05, 3.63) is 24.3 Å². The van der Waals surface area contributed by atoms with Gasteiger partial charge in [0, 0.05) is 25.7 Å². The Kier molecular flexibility index (Phi) is 69.1. The molecular formula is C81H154O17P2. The molecule has 0 aromatic heterocycles. The minimum Gasteiger partial charge on any atom is -0.462 e. The molecule has 3 N–H and O–H groups in total. The molecule has 0 aromatic rings. The first-order valence-electron chi connectivity index (χ1n) is 41.2. The van der Waals surface area contributed by atoms with Crippen LogP contribution in [0.3, 0.4) is 0 Å². The number of hydrogen-bond acceptors (Lipinski definition) is 15. The Morgan fingerprint density at radius 3 is 0.890 bits per heavy atom. The predicted molar refractivity (Wildman–Crippen MR) is 409 cm³/mol. The summed E-state index contributed by atoms with van der Waals surface area (Å²) in [5.74, 6) is 0.224. The van der Waals surface area contributed by atoms with Gasteiger partial charge in [-0.3, -0.25) is 37.3 Å². The molecule has 0 bridgehead atoms. The number of allylic oxidation sites excluding steroid dienone is 4. The highest BCUT2D eigenvalue weighted by atomic mass is 31.2. The number of esters is 4. The fraction of sp³-hybridized carbons (Fsp3) is 0.901. The minimum absolute atomic E-state index is 0.100. The topological polar surface area (TPSA) is 237 Å².